The zero-order chi connectivity index (χ0) is 21.7. The second-order valence-electron chi connectivity index (χ2n) is 7.54. The molecule has 0 bridgehead atoms. The van der Waals surface area contributed by atoms with Crippen molar-refractivity contribution < 1.29 is 9.47 Å². The number of hydrogen-bond donors (Lipinski definition) is 2. The Balaban J connectivity index is 1.56. The van der Waals surface area contributed by atoms with Crippen molar-refractivity contribution in [1.29, 1.82) is 0 Å². The molecule has 0 heterocycles. The van der Waals surface area contributed by atoms with Gasteiger partial charge >= 0.3 is 0 Å². The van der Waals surface area contributed by atoms with Crippen molar-refractivity contribution in [3.8, 4) is 23.0 Å². The molecule has 0 radical (unpaired) electrons. The Labute approximate surface area is 183 Å². The van der Waals surface area contributed by atoms with E-state index in [1.807, 2.05) is 116 Å². The summed E-state index contributed by atoms with van der Waals surface area (Å²) in [4.78, 5) is 0. The molecule has 31 heavy (non-hydrogen) atoms. The molecule has 4 rings (SSSR count). The second kappa shape index (κ2) is 9.04. The van der Waals surface area contributed by atoms with Crippen LogP contribution in [0.2, 0.25) is 0 Å². The minimum absolute atomic E-state index is 0.311. The van der Waals surface area contributed by atoms with Gasteiger partial charge in [0.1, 0.15) is 23.0 Å². The third kappa shape index (κ3) is 4.61. The highest BCUT2D eigenvalue weighted by Crippen LogP contribution is 2.33. The number of hydrogen-bond acceptors (Lipinski definition) is 4. The van der Waals surface area contributed by atoms with Crippen molar-refractivity contribution >= 4 is 0 Å². The molecule has 0 saturated heterocycles. The first kappa shape index (κ1) is 20.7. The van der Waals surface area contributed by atoms with Crippen LogP contribution in [0.1, 0.15) is 18.1 Å². The Kier molecular flexibility index (Phi) is 6.03. The second-order valence-corrected chi connectivity index (χ2v) is 7.54. The fourth-order valence-electron chi connectivity index (χ4n) is 3.54. The van der Waals surface area contributed by atoms with Crippen molar-refractivity contribution in [2.75, 3.05) is 0 Å². The number of nitrogens with two attached hydrogens (primary N) is 2. The molecule has 156 valence electrons. The Bertz CT molecular complexity index is 1010. The molecule has 0 fully saturated rings. The van der Waals surface area contributed by atoms with Crippen molar-refractivity contribution in [3.63, 3.8) is 0 Å². The summed E-state index contributed by atoms with van der Waals surface area (Å²) >= 11 is 0. The summed E-state index contributed by atoms with van der Waals surface area (Å²) in [5.74, 6) is 3.06. The Morgan fingerprint density at radius 1 is 0.548 bits per heavy atom. The first-order chi connectivity index (χ1) is 15.1. The maximum absolute atomic E-state index is 6.88. The highest BCUT2D eigenvalue weighted by Gasteiger charge is 2.34. The van der Waals surface area contributed by atoms with Gasteiger partial charge in [-0.2, -0.15) is 0 Å². The standard InChI is InChI=1S/C27H26N2O2/c1-20(28)27(29,21-12-16-25(17-13-21)30-23-8-4-2-5-9-23)22-14-18-26(19-15-22)31-24-10-6-3-7-11-24/h2-20H,28-29H2,1H3. The summed E-state index contributed by atoms with van der Waals surface area (Å²) in [7, 11) is 0. The number of ether oxygens (including phenoxy) is 2. The lowest BCUT2D eigenvalue weighted by Gasteiger charge is -2.34. The van der Waals surface area contributed by atoms with E-state index in [1.54, 1.807) is 0 Å². The van der Waals surface area contributed by atoms with Gasteiger partial charge in [-0.15, -0.1) is 0 Å². The molecule has 0 saturated carbocycles. The molecule has 4 heteroatoms. The van der Waals surface area contributed by atoms with E-state index in [9.17, 15) is 0 Å². The molecular weight excluding hydrogens is 384 g/mol. The summed E-state index contributed by atoms with van der Waals surface area (Å²) in [6, 6.07) is 34.6. The largest absolute Gasteiger partial charge is 0.457 e. The van der Waals surface area contributed by atoms with Gasteiger partial charge in [-0.3, -0.25) is 0 Å². The van der Waals surface area contributed by atoms with Gasteiger partial charge in [0.2, 0.25) is 0 Å². The lowest BCUT2D eigenvalue weighted by Crippen LogP contribution is -2.51. The van der Waals surface area contributed by atoms with Crippen LogP contribution in [-0.4, -0.2) is 6.04 Å². The first-order valence-electron chi connectivity index (χ1n) is 10.3. The zero-order valence-electron chi connectivity index (χ0n) is 17.4. The molecular formula is C27H26N2O2. The van der Waals surface area contributed by atoms with E-state index < -0.39 is 5.54 Å². The molecule has 0 aromatic heterocycles. The van der Waals surface area contributed by atoms with Crippen LogP contribution in [-0.2, 0) is 5.54 Å². The normalized spacial score (nSPS) is 12.2. The van der Waals surface area contributed by atoms with Gasteiger partial charge in [-0.1, -0.05) is 60.7 Å². The van der Waals surface area contributed by atoms with Gasteiger partial charge in [0.05, 0.1) is 5.54 Å². The van der Waals surface area contributed by atoms with Crippen LogP contribution in [0.25, 0.3) is 0 Å². The number of benzene rings is 4. The number of para-hydroxylation sites is 2. The van der Waals surface area contributed by atoms with Crippen LogP contribution in [0.4, 0.5) is 0 Å². The van der Waals surface area contributed by atoms with Gasteiger partial charge in [0.25, 0.3) is 0 Å². The molecule has 4 aromatic carbocycles. The molecule has 1 unspecified atom stereocenters. The maximum atomic E-state index is 6.88. The van der Waals surface area contributed by atoms with Crippen molar-refractivity contribution in [1.82, 2.24) is 0 Å². The summed E-state index contributed by atoms with van der Waals surface area (Å²) in [5, 5.41) is 0. The molecule has 0 amide bonds. The van der Waals surface area contributed by atoms with E-state index >= 15 is 0 Å². The van der Waals surface area contributed by atoms with Gasteiger partial charge < -0.3 is 20.9 Å². The van der Waals surface area contributed by atoms with Crippen molar-refractivity contribution in [2.24, 2.45) is 11.5 Å². The van der Waals surface area contributed by atoms with Crippen LogP contribution in [0.5, 0.6) is 23.0 Å². The van der Waals surface area contributed by atoms with E-state index in [-0.39, 0.29) is 6.04 Å². The molecule has 0 spiro atoms. The van der Waals surface area contributed by atoms with Gasteiger partial charge in [-0.05, 0) is 66.6 Å². The minimum Gasteiger partial charge on any atom is -0.457 e. The molecule has 4 N–H and O–H groups in total. The van der Waals surface area contributed by atoms with Crippen LogP contribution in [0.15, 0.2) is 109 Å². The maximum Gasteiger partial charge on any atom is 0.127 e. The zero-order valence-corrected chi connectivity index (χ0v) is 17.4. The third-order valence-electron chi connectivity index (χ3n) is 5.34. The predicted octanol–water partition coefficient (Wildman–Crippen LogP) is 5.82. The minimum atomic E-state index is -0.851. The lowest BCUT2D eigenvalue weighted by atomic mass is 9.78. The van der Waals surface area contributed by atoms with Crippen LogP contribution >= 0.6 is 0 Å². The quantitative estimate of drug-likeness (QED) is 0.403. The molecule has 4 nitrogen and oxygen atoms in total. The Morgan fingerprint density at radius 3 is 1.19 bits per heavy atom. The summed E-state index contributed by atoms with van der Waals surface area (Å²) in [5.41, 5.74) is 14.2. The van der Waals surface area contributed by atoms with Gasteiger partial charge in [0, 0.05) is 6.04 Å². The van der Waals surface area contributed by atoms with Crippen molar-refractivity contribution in [2.45, 2.75) is 18.5 Å². The highest BCUT2D eigenvalue weighted by molar-refractivity contribution is 5.45. The van der Waals surface area contributed by atoms with E-state index in [2.05, 4.69) is 0 Å². The average Bonchev–Trinajstić information content (AvgIpc) is 2.81. The molecule has 0 aliphatic rings. The fourth-order valence-corrected chi connectivity index (χ4v) is 3.54. The van der Waals surface area contributed by atoms with Gasteiger partial charge in [0.15, 0.2) is 0 Å². The van der Waals surface area contributed by atoms with E-state index in [0.717, 1.165) is 34.1 Å². The average molecular weight is 411 g/mol. The van der Waals surface area contributed by atoms with Gasteiger partial charge in [-0.25, -0.2) is 0 Å². The molecule has 0 aliphatic carbocycles. The SMILES string of the molecule is CC(N)C(N)(c1ccc(Oc2ccccc2)cc1)c1ccc(Oc2ccccc2)cc1. The molecule has 0 aliphatic heterocycles. The predicted molar refractivity (Wildman–Crippen MR) is 125 cm³/mol. The Morgan fingerprint density at radius 2 is 0.871 bits per heavy atom. The summed E-state index contributed by atoms with van der Waals surface area (Å²) in [6.45, 7) is 1.92. The topological polar surface area (TPSA) is 70.5 Å². The highest BCUT2D eigenvalue weighted by atomic mass is 16.5. The molecule has 4 aromatic rings. The van der Waals surface area contributed by atoms with Crippen LogP contribution in [0, 0.1) is 0 Å². The van der Waals surface area contributed by atoms with E-state index in [4.69, 9.17) is 20.9 Å². The summed E-state index contributed by atoms with van der Waals surface area (Å²) < 4.78 is 11.8. The fraction of sp³-hybridized carbons (Fsp3) is 0.111. The molecule has 1 atom stereocenters. The smallest absolute Gasteiger partial charge is 0.127 e. The Hall–Kier alpha value is -3.60. The lowest BCUT2D eigenvalue weighted by molar-refractivity contribution is 0.441. The van der Waals surface area contributed by atoms with E-state index in [0.29, 0.717) is 0 Å². The number of rotatable bonds is 7. The van der Waals surface area contributed by atoms with Crippen LogP contribution < -0.4 is 20.9 Å². The van der Waals surface area contributed by atoms with Crippen molar-refractivity contribution in [3.05, 3.63) is 120 Å². The third-order valence-corrected chi connectivity index (χ3v) is 5.34. The van der Waals surface area contributed by atoms with E-state index in [1.165, 1.54) is 0 Å². The van der Waals surface area contributed by atoms with Crippen LogP contribution in [0.3, 0.4) is 0 Å². The summed E-state index contributed by atoms with van der Waals surface area (Å²) in [6.07, 6.45) is 0. The first-order valence-corrected chi connectivity index (χ1v) is 10.3. The monoisotopic (exact) mass is 410 g/mol.